The van der Waals surface area contributed by atoms with Gasteiger partial charge in [0.05, 0.1) is 19.4 Å². The van der Waals surface area contributed by atoms with Gasteiger partial charge < -0.3 is 4.74 Å². The van der Waals surface area contributed by atoms with E-state index < -0.39 is 11.9 Å². The van der Waals surface area contributed by atoms with Crippen LogP contribution in [0.15, 0.2) is 11.6 Å². The molecule has 16 heavy (non-hydrogen) atoms. The summed E-state index contributed by atoms with van der Waals surface area (Å²) < 4.78 is 4.66. The number of hydrogen-bond donors (Lipinski definition) is 0. The summed E-state index contributed by atoms with van der Waals surface area (Å²) in [6, 6.07) is 0. The molecule has 0 amide bonds. The first-order valence-electron chi connectivity index (χ1n) is 5.04. The summed E-state index contributed by atoms with van der Waals surface area (Å²) in [5.74, 6) is -1.63. The summed E-state index contributed by atoms with van der Waals surface area (Å²) in [6.45, 7) is 0. The Labute approximate surface area is 101 Å². The highest BCUT2D eigenvalue weighted by atomic mass is 79.9. The Bertz CT molecular complexity index is 399. The number of ether oxygens (including phenoxy) is 1. The standard InChI is InChI=1S/C11H11BrO4/c1-16-11(15)6-2-7-8(12)3-5(6)9(13)4-10(7)14/h3,6-8H,2,4H2,1H3. The molecule has 3 atom stereocenters. The molecule has 0 aromatic heterocycles. The molecule has 1 fully saturated rings. The summed E-state index contributed by atoms with van der Waals surface area (Å²) in [7, 11) is 1.29. The number of hydrogen-bond acceptors (Lipinski definition) is 4. The van der Waals surface area contributed by atoms with E-state index in [1.54, 1.807) is 6.08 Å². The summed E-state index contributed by atoms with van der Waals surface area (Å²) in [5, 5.41) is 0. The van der Waals surface area contributed by atoms with Crippen LogP contribution in [0.5, 0.6) is 0 Å². The zero-order chi connectivity index (χ0) is 11.9. The molecule has 3 rings (SSSR count). The highest BCUT2D eigenvalue weighted by molar-refractivity contribution is 9.09. The molecule has 3 aliphatic rings. The van der Waals surface area contributed by atoms with Crippen molar-refractivity contribution in [1.29, 1.82) is 0 Å². The van der Waals surface area contributed by atoms with Gasteiger partial charge in [0, 0.05) is 16.3 Å². The first kappa shape index (κ1) is 11.5. The Morgan fingerprint density at radius 1 is 1.50 bits per heavy atom. The van der Waals surface area contributed by atoms with Gasteiger partial charge in [-0.3, -0.25) is 14.4 Å². The van der Waals surface area contributed by atoms with Crippen molar-refractivity contribution in [3.8, 4) is 0 Å². The van der Waals surface area contributed by atoms with Crippen LogP contribution in [0.1, 0.15) is 12.8 Å². The summed E-state index contributed by atoms with van der Waals surface area (Å²) in [5.41, 5.74) is 0.427. The minimum atomic E-state index is -0.567. The smallest absolute Gasteiger partial charge is 0.313 e. The topological polar surface area (TPSA) is 60.4 Å². The average molecular weight is 287 g/mol. The summed E-state index contributed by atoms with van der Waals surface area (Å²) >= 11 is 3.36. The molecule has 0 N–H and O–H groups in total. The molecular formula is C11H11BrO4. The number of esters is 1. The molecule has 86 valence electrons. The van der Waals surface area contributed by atoms with Gasteiger partial charge in [0.2, 0.25) is 0 Å². The first-order chi connectivity index (χ1) is 7.54. The van der Waals surface area contributed by atoms with Crippen LogP contribution in [0.4, 0.5) is 0 Å². The number of halogens is 1. The highest BCUT2D eigenvalue weighted by Crippen LogP contribution is 2.39. The van der Waals surface area contributed by atoms with Crippen LogP contribution in [0.25, 0.3) is 0 Å². The van der Waals surface area contributed by atoms with Crippen LogP contribution in [-0.4, -0.2) is 29.5 Å². The van der Waals surface area contributed by atoms with Gasteiger partial charge in [-0.2, -0.15) is 0 Å². The van der Waals surface area contributed by atoms with E-state index in [2.05, 4.69) is 20.7 Å². The number of Topliss-reactive ketones (excluding diaryl/α,β-unsaturated/α-hetero) is 2. The van der Waals surface area contributed by atoms with Gasteiger partial charge in [0.25, 0.3) is 0 Å². The molecule has 0 heterocycles. The molecule has 3 aliphatic carbocycles. The Morgan fingerprint density at radius 2 is 2.19 bits per heavy atom. The minimum Gasteiger partial charge on any atom is -0.469 e. The van der Waals surface area contributed by atoms with Gasteiger partial charge in [0.1, 0.15) is 5.78 Å². The Hall–Kier alpha value is -0.970. The third-order valence-electron chi connectivity index (χ3n) is 3.14. The fraction of sp³-hybridized carbons (Fsp3) is 0.545. The van der Waals surface area contributed by atoms with Gasteiger partial charge in [-0.25, -0.2) is 0 Å². The number of carbonyl (C=O) groups is 3. The largest absolute Gasteiger partial charge is 0.469 e. The second-order valence-corrected chi connectivity index (χ2v) is 5.11. The monoisotopic (exact) mass is 286 g/mol. The number of methoxy groups -OCH3 is 1. The molecule has 0 spiro atoms. The fourth-order valence-corrected chi connectivity index (χ4v) is 3.06. The second kappa shape index (κ2) is 4.13. The summed E-state index contributed by atoms with van der Waals surface area (Å²) in [4.78, 5) is 34.8. The predicted molar refractivity (Wildman–Crippen MR) is 59.0 cm³/mol. The van der Waals surface area contributed by atoms with Crippen LogP contribution in [-0.2, 0) is 19.1 Å². The third kappa shape index (κ3) is 1.73. The normalized spacial score (nSPS) is 33.4. The first-order valence-corrected chi connectivity index (χ1v) is 5.95. The predicted octanol–water partition coefficient (Wildman–Crippen LogP) is 1.03. The van der Waals surface area contributed by atoms with Crippen LogP contribution >= 0.6 is 15.9 Å². The van der Waals surface area contributed by atoms with Crippen molar-refractivity contribution in [2.45, 2.75) is 17.7 Å². The molecule has 0 aromatic rings. The van der Waals surface area contributed by atoms with Crippen LogP contribution < -0.4 is 0 Å². The highest BCUT2D eigenvalue weighted by Gasteiger charge is 2.44. The Balaban J connectivity index is 2.41. The van der Waals surface area contributed by atoms with E-state index in [0.29, 0.717) is 12.0 Å². The van der Waals surface area contributed by atoms with Crippen LogP contribution in [0, 0.1) is 11.8 Å². The lowest BCUT2D eigenvalue weighted by atomic mass is 9.82. The molecule has 0 aliphatic heterocycles. The van der Waals surface area contributed by atoms with Gasteiger partial charge in [-0.15, -0.1) is 0 Å². The molecule has 0 saturated heterocycles. The van der Waals surface area contributed by atoms with Crippen LogP contribution in [0.2, 0.25) is 0 Å². The lowest BCUT2D eigenvalue weighted by Crippen LogP contribution is -2.31. The van der Waals surface area contributed by atoms with E-state index in [1.165, 1.54) is 7.11 Å². The van der Waals surface area contributed by atoms with E-state index >= 15 is 0 Å². The van der Waals surface area contributed by atoms with E-state index in [9.17, 15) is 14.4 Å². The van der Waals surface area contributed by atoms with E-state index in [-0.39, 0.29) is 28.7 Å². The maximum atomic E-state index is 11.7. The minimum absolute atomic E-state index is 0.0912. The van der Waals surface area contributed by atoms with Crippen molar-refractivity contribution < 1.29 is 19.1 Å². The second-order valence-electron chi connectivity index (χ2n) is 4.05. The van der Waals surface area contributed by atoms with Gasteiger partial charge in [-0.1, -0.05) is 22.0 Å². The number of carbonyl (C=O) groups excluding carboxylic acids is 3. The Kier molecular flexibility index (Phi) is 2.97. The number of rotatable bonds is 1. The quantitative estimate of drug-likeness (QED) is 0.410. The molecule has 5 heteroatoms. The van der Waals surface area contributed by atoms with Gasteiger partial charge >= 0.3 is 5.97 Å². The molecule has 0 aromatic carbocycles. The molecule has 1 saturated carbocycles. The number of ketones is 2. The number of alkyl halides is 1. The van der Waals surface area contributed by atoms with Crippen molar-refractivity contribution in [3.05, 3.63) is 11.6 Å². The third-order valence-corrected chi connectivity index (χ3v) is 4.05. The maximum absolute atomic E-state index is 11.7. The Morgan fingerprint density at radius 3 is 2.81 bits per heavy atom. The summed E-state index contributed by atoms with van der Waals surface area (Å²) in [6.07, 6.45) is 1.97. The lowest BCUT2D eigenvalue weighted by Gasteiger charge is -2.25. The maximum Gasteiger partial charge on any atom is 0.313 e. The zero-order valence-electron chi connectivity index (χ0n) is 8.73. The van der Waals surface area contributed by atoms with E-state index in [4.69, 9.17) is 0 Å². The SMILES string of the molecule is COC(=O)C1CC2C(=O)CC(=O)C1=CC2Br. The molecule has 2 bridgehead atoms. The van der Waals surface area contributed by atoms with Crippen LogP contribution in [0.3, 0.4) is 0 Å². The van der Waals surface area contributed by atoms with E-state index in [0.717, 1.165) is 0 Å². The fourth-order valence-electron chi connectivity index (χ4n) is 2.27. The van der Waals surface area contributed by atoms with Crippen molar-refractivity contribution >= 4 is 33.5 Å². The molecule has 3 unspecified atom stereocenters. The molecule has 4 nitrogen and oxygen atoms in total. The number of fused-ring (bicyclic) bond motifs is 4. The molecule has 0 radical (unpaired) electrons. The van der Waals surface area contributed by atoms with Gasteiger partial charge in [-0.05, 0) is 6.42 Å². The van der Waals surface area contributed by atoms with Crippen molar-refractivity contribution in [2.75, 3.05) is 7.11 Å². The average Bonchev–Trinajstić information content (AvgIpc) is 2.43. The van der Waals surface area contributed by atoms with Crippen molar-refractivity contribution in [3.63, 3.8) is 0 Å². The lowest BCUT2D eigenvalue weighted by molar-refractivity contribution is -0.145. The van der Waals surface area contributed by atoms with Gasteiger partial charge in [0.15, 0.2) is 5.78 Å². The van der Waals surface area contributed by atoms with Crippen molar-refractivity contribution in [1.82, 2.24) is 0 Å². The number of allylic oxidation sites excluding steroid dienone is 1. The molecular weight excluding hydrogens is 276 g/mol. The zero-order valence-corrected chi connectivity index (χ0v) is 10.3. The van der Waals surface area contributed by atoms with E-state index in [1.807, 2.05) is 0 Å². The van der Waals surface area contributed by atoms with Crippen molar-refractivity contribution in [2.24, 2.45) is 11.8 Å².